The molecule has 4 N–H and O–H groups in total. The van der Waals surface area contributed by atoms with Gasteiger partial charge in [-0.05, 0) is 32.3 Å². The van der Waals surface area contributed by atoms with Crippen LogP contribution in [0.3, 0.4) is 0 Å². The summed E-state index contributed by atoms with van der Waals surface area (Å²) in [5.41, 5.74) is 7.23. The van der Waals surface area contributed by atoms with Crippen molar-refractivity contribution in [3.05, 3.63) is 29.3 Å². The predicted octanol–water partition coefficient (Wildman–Crippen LogP) is 1.16. The van der Waals surface area contributed by atoms with Crippen LogP contribution in [0.15, 0.2) is 23.4 Å². The summed E-state index contributed by atoms with van der Waals surface area (Å²) in [5, 5.41) is 14.3. The zero-order valence-corrected chi connectivity index (χ0v) is 11.6. The number of imide groups is 1. The number of fused-ring (bicyclic) bond motifs is 1. The Labute approximate surface area is 121 Å². The number of oxime groups is 1. The van der Waals surface area contributed by atoms with Crippen LogP contribution in [0.1, 0.15) is 30.9 Å². The number of rotatable bonds is 3. The average Bonchev–Trinajstić information content (AvgIpc) is 2.46. The lowest BCUT2D eigenvalue weighted by Gasteiger charge is -2.22. The summed E-state index contributed by atoms with van der Waals surface area (Å²) in [4.78, 5) is 22.3. The zero-order chi connectivity index (χ0) is 15.4. The molecule has 0 radical (unpaired) electrons. The van der Waals surface area contributed by atoms with E-state index in [1.807, 2.05) is 11.4 Å². The Morgan fingerprint density at radius 1 is 1.43 bits per heavy atom. The minimum absolute atomic E-state index is 0.542. The standard InChI is InChI=1S/C14H17N3O4/c1-8(13(18)16-14(15)19)21-12-7-3-4-9-10(12)5-2-6-11(9)17-20/h3-4,7-8,20H,2,5-6H2,1H3,(H3,15,16,18,19). The van der Waals surface area contributed by atoms with E-state index >= 15 is 0 Å². The fraction of sp³-hybridized carbons (Fsp3) is 0.357. The fourth-order valence-corrected chi connectivity index (χ4v) is 2.34. The van der Waals surface area contributed by atoms with Crippen LogP contribution in [0.25, 0.3) is 0 Å². The maximum absolute atomic E-state index is 11.6. The Bertz CT molecular complexity index is 598. The first-order chi connectivity index (χ1) is 10.0. The van der Waals surface area contributed by atoms with Crippen LogP contribution < -0.4 is 15.8 Å². The Hall–Kier alpha value is -2.57. The van der Waals surface area contributed by atoms with E-state index < -0.39 is 18.0 Å². The molecule has 0 bridgehead atoms. The topological polar surface area (TPSA) is 114 Å². The third-order valence-electron chi connectivity index (χ3n) is 3.32. The lowest BCUT2D eigenvalue weighted by atomic mass is 9.89. The van der Waals surface area contributed by atoms with Crippen LogP contribution in [0.2, 0.25) is 0 Å². The largest absolute Gasteiger partial charge is 0.481 e. The Morgan fingerprint density at radius 2 is 2.19 bits per heavy atom. The van der Waals surface area contributed by atoms with Crippen molar-refractivity contribution in [1.29, 1.82) is 0 Å². The van der Waals surface area contributed by atoms with E-state index in [0.29, 0.717) is 17.9 Å². The van der Waals surface area contributed by atoms with E-state index in [1.54, 1.807) is 12.1 Å². The molecule has 1 aliphatic carbocycles. The maximum Gasteiger partial charge on any atom is 0.318 e. The molecule has 0 saturated carbocycles. The second-order valence-electron chi connectivity index (χ2n) is 4.80. The first-order valence-corrected chi connectivity index (χ1v) is 6.63. The van der Waals surface area contributed by atoms with Crippen molar-refractivity contribution in [3.63, 3.8) is 0 Å². The van der Waals surface area contributed by atoms with Crippen LogP contribution in [-0.4, -0.2) is 29.0 Å². The number of amides is 3. The van der Waals surface area contributed by atoms with E-state index in [1.165, 1.54) is 6.92 Å². The quantitative estimate of drug-likeness (QED) is 0.572. The molecule has 7 heteroatoms. The number of nitrogens with two attached hydrogens (primary N) is 1. The van der Waals surface area contributed by atoms with E-state index in [2.05, 4.69) is 5.16 Å². The highest BCUT2D eigenvalue weighted by atomic mass is 16.5. The van der Waals surface area contributed by atoms with Crippen LogP contribution in [-0.2, 0) is 11.2 Å². The van der Waals surface area contributed by atoms with Crippen LogP contribution >= 0.6 is 0 Å². The van der Waals surface area contributed by atoms with Crippen LogP contribution in [0.5, 0.6) is 5.75 Å². The molecule has 1 aliphatic rings. The van der Waals surface area contributed by atoms with Crippen molar-refractivity contribution in [2.75, 3.05) is 0 Å². The van der Waals surface area contributed by atoms with Gasteiger partial charge in [0.1, 0.15) is 5.75 Å². The number of carbonyl (C=O) groups is 2. The van der Waals surface area contributed by atoms with Gasteiger partial charge in [-0.3, -0.25) is 10.1 Å². The average molecular weight is 291 g/mol. The number of nitrogens with zero attached hydrogens (tertiary/aromatic N) is 1. The Kier molecular flexibility index (Phi) is 4.42. The van der Waals surface area contributed by atoms with Gasteiger partial charge in [-0.1, -0.05) is 17.3 Å². The first-order valence-electron chi connectivity index (χ1n) is 6.63. The minimum Gasteiger partial charge on any atom is -0.481 e. The van der Waals surface area contributed by atoms with Crippen molar-refractivity contribution in [2.45, 2.75) is 32.3 Å². The molecule has 2 rings (SSSR count). The molecule has 0 aliphatic heterocycles. The van der Waals surface area contributed by atoms with Crippen LogP contribution in [0, 0.1) is 0 Å². The number of carbonyl (C=O) groups excluding carboxylic acids is 2. The molecular weight excluding hydrogens is 274 g/mol. The molecule has 0 aromatic heterocycles. The Balaban J connectivity index is 2.22. The monoisotopic (exact) mass is 291 g/mol. The van der Waals surface area contributed by atoms with Gasteiger partial charge in [0.2, 0.25) is 0 Å². The molecule has 21 heavy (non-hydrogen) atoms. The number of urea groups is 1. The highest BCUT2D eigenvalue weighted by Gasteiger charge is 2.22. The summed E-state index contributed by atoms with van der Waals surface area (Å²) in [6.07, 6.45) is 1.45. The van der Waals surface area contributed by atoms with Gasteiger partial charge < -0.3 is 15.7 Å². The van der Waals surface area contributed by atoms with Crippen molar-refractivity contribution < 1.29 is 19.5 Å². The molecular formula is C14H17N3O4. The molecule has 0 fully saturated rings. The summed E-state index contributed by atoms with van der Waals surface area (Å²) < 4.78 is 5.61. The summed E-state index contributed by atoms with van der Waals surface area (Å²) >= 11 is 0. The van der Waals surface area contributed by atoms with Gasteiger partial charge in [0.15, 0.2) is 6.10 Å². The number of nitrogens with one attached hydrogen (secondary N) is 1. The number of hydrogen-bond donors (Lipinski definition) is 3. The third-order valence-corrected chi connectivity index (χ3v) is 3.32. The summed E-state index contributed by atoms with van der Waals surface area (Å²) in [6.45, 7) is 1.53. The number of hydrogen-bond acceptors (Lipinski definition) is 5. The normalized spacial score (nSPS) is 16.9. The molecule has 3 amide bonds. The molecule has 1 aromatic rings. The molecule has 7 nitrogen and oxygen atoms in total. The van der Waals surface area contributed by atoms with Crippen LogP contribution in [0.4, 0.5) is 4.79 Å². The van der Waals surface area contributed by atoms with Crippen molar-refractivity contribution in [2.24, 2.45) is 10.9 Å². The zero-order valence-electron chi connectivity index (χ0n) is 11.6. The van der Waals surface area contributed by atoms with E-state index in [0.717, 1.165) is 24.0 Å². The van der Waals surface area contributed by atoms with E-state index in [9.17, 15) is 9.59 Å². The molecule has 0 spiro atoms. The minimum atomic E-state index is -0.916. The molecule has 0 saturated heterocycles. The van der Waals surface area contributed by atoms with Gasteiger partial charge in [-0.2, -0.15) is 0 Å². The third kappa shape index (κ3) is 3.31. The highest BCUT2D eigenvalue weighted by Crippen LogP contribution is 2.30. The summed E-state index contributed by atoms with van der Waals surface area (Å²) in [7, 11) is 0. The van der Waals surface area contributed by atoms with Crippen molar-refractivity contribution in [3.8, 4) is 5.75 Å². The number of ether oxygens (including phenoxy) is 1. The van der Waals surface area contributed by atoms with Gasteiger partial charge in [-0.15, -0.1) is 0 Å². The van der Waals surface area contributed by atoms with E-state index in [4.69, 9.17) is 15.7 Å². The lowest BCUT2D eigenvalue weighted by molar-refractivity contribution is -0.126. The SMILES string of the molecule is CC(Oc1cccc2c1CCCC2=NO)C(=O)NC(N)=O. The first kappa shape index (κ1) is 14.8. The molecule has 0 heterocycles. The van der Waals surface area contributed by atoms with Gasteiger partial charge >= 0.3 is 6.03 Å². The maximum atomic E-state index is 11.6. The summed E-state index contributed by atoms with van der Waals surface area (Å²) in [6, 6.07) is 4.45. The number of benzene rings is 1. The van der Waals surface area contributed by atoms with E-state index in [-0.39, 0.29) is 0 Å². The van der Waals surface area contributed by atoms with Gasteiger partial charge in [0.25, 0.3) is 5.91 Å². The molecule has 1 aromatic carbocycles. The molecule has 1 unspecified atom stereocenters. The smallest absolute Gasteiger partial charge is 0.318 e. The fourth-order valence-electron chi connectivity index (χ4n) is 2.34. The van der Waals surface area contributed by atoms with Gasteiger partial charge in [-0.25, -0.2) is 4.79 Å². The van der Waals surface area contributed by atoms with Gasteiger partial charge in [0, 0.05) is 11.1 Å². The second kappa shape index (κ2) is 6.25. The Morgan fingerprint density at radius 3 is 2.86 bits per heavy atom. The summed E-state index contributed by atoms with van der Waals surface area (Å²) in [5.74, 6) is -0.0626. The highest BCUT2D eigenvalue weighted by molar-refractivity contribution is 6.03. The van der Waals surface area contributed by atoms with Crippen molar-refractivity contribution in [1.82, 2.24) is 5.32 Å². The second-order valence-corrected chi connectivity index (χ2v) is 4.80. The lowest BCUT2D eigenvalue weighted by Crippen LogP contribution is -2.42. The predicted molar refractivity (Wildman–Crippen MR) is 75.5 cm³/mol. The number of primary amides is 1. The molecule has 1 atom stereocenters. The van der Waals surface area contributed by atoms with Gasteiger partial charge in [0.05, 0.1) is 5.71 Å². The van der Waals surface area contributed by atoms with Crippen molar-refractivity contribution >= 4 is 17.6 Å². The molecule has 112 valence electrons.